The predicted octanol–water partition coefficient (Wildman–Crippen LogP) is 3.14. The molecule has 1 atom stereocenters. The Balaban J connectivity index is 1.52. The minimum Gasteiger partial charge on any atom is -0.355 e. The molecule has 0 spiro atoms. The van der Waals surface area contributed by atoms with Crippen LogP contribution in [0.5, 0.6) is 0 Å². The minimum atomic E-state index is -3.56. The fourth-order valence-corrected chi connectivity index (χ4v) is 6.20. The van der Waals surface area contributed by atoms with Crippen LogP contribution in [0.15, 0.2) is 18.2 Å². The van der Waals surface area contributed by atoms with Gasteiger partial charge in [0.1, 0.15) is 0 Å². The number of rotatable bonds is 7. The summed E-state index contributed by atoms with van der Waals surface area (Å²) in [5, 5.41) is 3.80. The van der Waals surface area contributed by atoms with Gasteiger partial charge in [0.05, 0.1) is 11.7 Å². The summed E-state index contributed by atoms with van der Waals surface area (Å²) in [6, 6.07) is 4.81. The van der Waals surface area contributed by atoms with Crippen LogP contribution in [0.2, 0.25) is 10.0 Å². The van der Waals surface area contributed by atoms with Crippen molar-refractivity contribution in [2.45, 2.75) is 37.9 Å². The number of halogens is 2. The molecule has 3 rings (SSSR count). The molecule has 2 aliphatic rings. The van der Waals surface area contributed by atoms with Gasteiger partial charge < -0.3 is 10.2 Å². The molecule has 2 aliphatic heterocycles. The largest absolute Gasteiger partial charge is 0.355 e. The zero-order valence-corrected chi connectivity index (χ0v) is 18.9. The fraction of sp³-hybridized carbons (Fsp3) is 0.650. The van der Waals surface area contributed by atoms with E-state index >= 15 is 0 Å². The van der Waals surface area contributed by atoms with Gasteiger partial charge in [-0.2, -0.15) is 0 Å². The van der Waals surface area contributed by atoms with E-state index in [1.54, 1.807) is 18.2 Å². The van der Waals surface area contributed by atoms with Gasteiger partial charge in [-0.1, -0.05) is 35.7 Å². The van der Waals surface area contributed by atoms with E-state index in [2.05, 4.69) is 10.2 Å². The molecule has 162 valence electrons. The first-order valence-electron chi connectivity index (χ1n) is 10.3. The molecule has 2 saturated heterocycles. The quantitative estimate of drug-likeness (QED) is 0.676. The lowest BCUT2D eigenvalue weighted by Gasteiger charge is -2.32. The molecule has 6 nitrogen and oxygen atoms in total. The second-order valence-corrected chi connectivity index (χ2v) is 10.7. The maximum absolute atomic E-state index is 12.9. The molecule has 2 fully saturated rings. The number of nitrogens with zero attached hydrogens (tertiary/aromatic N) is 2. The van der Waals surface area contributed by atoms with Crippen LogP contribution in [-0.2, 0) is 20.6 Å². The van der Waals surface area contributed by atoms with Gasteiger partial charge >= 0.3 is 0 Å². The first-order valence-corrected chi connectivity index (χ1v) is 12.6. The Bertz CT molecular complexity index is 813. The first kappa shape index (κ1) is 22.8. The number of benzene rings is 1. The van der Waals surface area contributed by atoms with Gasteiger partial charge in [-0.15, -0.1) is 0 Å². The predicted molar refractivity (Wildman–Crippen MR) is 117 cm³/mol. The lowest BCUT2D eigenvalue weighted by molar-refractivity contribution is -0.126. The Morgan fingerprint density at radius 3 is 2.59 bits per heavy atom. The van der Waals surface area contributed by atoms with Crippen molar-refractivity contribution in [3.05, 3.63) is 33.8 Å². The maximum Gasteiger partial charge on any atom is 0.224 e. The summed E-state index contributed by atoms with van der Waals surface area (Å²) >= 11 is 12.0. The molecule has 1 aromatic rings. The van der Waals surface area contributed by atoms with Crippen molar-refractivity contribution in [1.82, 2.24) is 14.5 Å². The molecule has 0 bridgehead atoms. The van der Waals surface area contributed by atoms with Crippen LogP contribution in [0, 0.1) is 5.92 Å². The van der Waals surface area contributed by atoms with Gasteiger partial charge in [0.25, 0.3) is 0 Å². The molecule has 1 amide bonds. The Hall–Kier alpha value is -0.860. The van der Waals surface area contributed by atoms with Crippen molar-refractivity contribution < 1.29 is 13.2 Å². The molecule has 0 radical (unpaired) electrons. The fourth-order valence-electron chi connectivity index (χ4n) is 4.00. The third-order valence-electron chi connectivity index (χ3n) is 5.68. The molecular formula is C20H29Cl2N3O3S. The van der Waals surface area contributed by atoms with E-state index in [4.69, 9.17) is 23.2 Å². The van der Waals surface area contributed by atoms with E-state index in [0.29, 0.717) is 41.5 Å². The zero-order chi connectivity index (χ0) is 20.9. The molecule has 9 heteroatoms. The number of carbonyl (C=O) groups excluding carboxylic acids is 1. The summed E-state index contributed by atoms with van der Waals surface area (Å²) < 4.78 is 27.2. The maximum atomic E-state index is 12.9. The number of carbonyl (C=O) groups is 1. The van der Waals surface area contributed by atoms with Crippen LogP contribution in [-0.4, -0.2) is 62.8 Å². The molecule has 0 saturated carbocycles. The van der Waals surface area contributed by atoms with Crippen molar-refractivity contribution in [3.8, 4) is 0 Å². The lowest BCUT2D eigenvalue weighted by atomic mass is 9.99. The average Bonchev–Trinajstić information content (AvgIpc) is 2.71. The van der Waals surface area contributed by atoms with Crippen LogP contribution in [0.1, 0.15) is 37.7 Å². The topological polar surface area (TPSA) is 69.7 Å². The van der Waals surface area contributed by atoms with Crippen LogP contribution in [0.3, 0.4) is 0 Å². The van der Waals surface area contributed by atoms with Crippen LogP contribution < -0.4 is 5.32 Å². The Labute approximate surface area is 183 Å². The van der Waals surface area contributed by atoms with E-state index < -0.39 is 10.0 Å². The van der Waals surface area contributed by atoms with Crippen molar-refractivity contribution in [2.75, 3.05) is 39.3 Å². The number of hydrogen-bond donors (Lipinski definition) is 1. The highest BCUT2D eigenvalue weighted by Gasteiger charge is 2.32. The van der Waals surface area contributed by atoms with Gasteiger partial charge in [-0.3, -0.25) is 4.79 Å². The summed E-state index contributed by atoms with van der Waals surface area (Å²) in [5.74, 6) is -0.543. The Morgan fingerprint density at radius 2 is 1.86 bits per heavy atom. The third-order valence-corrected chi connectivity index (χ3v) is 8.06. The second-order valence-electron chi connectivity index (χ2n) is 7.88. The monoisotopic (exact) mass is 461 g/mol. The molecule has 0 aromatic heterocycles. The van der Waals surface area contributed by atoms with Crippen molar-refractivity contribution in [3.63, 3.8) is 0 Å². The SMILES string of the molecule is O=C(NCCN1CCCCC1)[C@H]1CCCN(S(=O)(=O)Cc2ccc(Cl)cc2Cl)C1. The van der Waals surface area contributed by atoms with Gasteiger partial charge in [-0.05, 0) is 56.5 Å². The van der Waals surface area contributed by atoms with Gasteiger partial charge in [0, 0.05) is 36.2 Å². The first-order chi connectivity index (χ1) is 13.8. The van der Waals surface area contributed by atoms with E-state index in [0.717, 1.165) is 19.6 Å². The van der Waals surface area contributed by atoms with E-state index in [1.807, 2.05) is 0 Å². The van der Waals surface area contributed by atoms with Crippen LogP contribution in [0.4, 0.5) is 0 Å². The average molecular weight is 462 g/mol. The van der Waals surface area contributed by atoms with Gasteiger partial charge in [0.15, 0.2) is 0 Å². The molecule has 2 heterocycles. The summed E-state index contributed by atoms with van der Waals surface area (Å²) in [7, 11) is -3.56. The number of piperidine rings is 2. The van der Waals surface area contributed by atoms with Crippen LogP contribution in [0.25, 0.3) is 0 Å². The highest BCUT2D eigenvalue weighted by molar-refractivity contribution is 7.88. The summed E-state index contributed by atoms with van der Waals surface area (Å²) in [5.41, 5.74) is 0.518. The second kappa shape index (κ2) is 10.4. The van der Waals surface area contributed by atoms with E-state index in [9.17, 15) is 13.2 Å². The third kappa shape index (κ3) is 6.56. The van der Waals surface area contributed by atoms with Gasteiger partial charge in [0.2, 0.25) is 15.9 Å². The summed E-state index contributed by atoms with van der Waals surface area (Å²) in [6.07, 6.45) is 5.12. The summed E-state index contributed by atoms with van der Waals surface area (Å²) in [4.78, 5) is 14.9. The lowest BCUT2D eigenvalue weighted by Crippen LogP contribution is -2.47. The number of hydrogen-bond acceptors (Lipinski definition) is 4. The Morgan fingerprint density at radius 1 is 1.10 bits per heavy atom. The normalized spacial score (nSPS) is 21.8. The molecule has 1 N–H and O–H groups in total. The van der Waals surface area contributed by atoms with Gasteiger partial charge in [-0.25, -0.2) is 12.7 Å². The van der Waals surface area contributed by atoms with Crippen LogP contribution >= 0.6 is 23.2 Å². The molecule has 29 heavy (non-hydrogen) atoms. The summed E-state index contributed by atoms with van der Waals surface area (Å²) in [6.45, 7) is 4.32. The van der Waals surface area contributed by atoms with Crippen molar-refractivity contribution in [2.24, 2.45) is 5.92 Å². The number of likely N-dealkylation sites (tertiary alicyclic amines) is 1. The minimum absolute atomic E-state index is 0.0496. The highest BCUT2D eigenvalue weighted by atomic mass is 35.5. The standard InChI is InChI=1S/C20H29Cl2N3O3S/c21-18-7-6-17(19(22)13-18)15-29(27,28)25-11-4-5-16(14-25)20(26)23-8-12-24-9-2-1-3-10-24/h6-7,13,16H,1-5,8-12,14-15H2,(H,23,26)/t16-/m0/s1. The smallest absolute Gasteiger partial charge is 0.224 e. The Kier molecular flexibility index (Phi) is 8.22. The molecule has 0 unspecified atom stereocenters. The number of nitrogens with one attached hydrogen (secondary N) is 1. The zero-order valence-electron chi connectivity index (χ0n) is 16.6. The highest BCUT2D eigenvalue weighted by Crippen LogP contribution is 2.26. The van der Waals surface area contributed by atoms with E-state index in [1.165, 1.54) is 23.6 Å². The molecular weight excluding hydrogens is 433 g/mol. The van der Waals surface area contributed by atoms with Crippen molar-refractivity contribution in [1.29, 1.82) is 0 Å². The van der Waals surface area contributed by atoms with E-state index in [-0.39, 0.29) is 24.1 Å². The number of amides is 1. The molecule has 1 aromatic carbocycles. The molecule has 0 aliphatic carbocycles. The van der Waals surface area contributed by atoms with Crippen molar-refractivity contribution >= 4 is 39.1 Å². The number of sulfonamides is 1.